The van der Waals surface area contributed by atoms with Crippen LogP contribution in [0.15, 0.2) is 18.6 Å². The molecule has 2 heterocycles. The molecule has 2 aliphatic carbocycles. The zero-order valence-electron chi connectivity index (χ0n) is 27.5. The molecular weight excluding hydrogens is 616 g/mol. The maximum absolute atomic E-state index is 14.3. The van der Waals surface area contributed by atoms with Gasteiger partial charge in [-0.1, -0.05) is 41.0 Å². The first-order valence-corrected chi connectivity index (χ1v) is 16.3. The van der Waals surface area contributed by atoms with Crippen LogP contribution < -0.4 is 21.3 Å². The lowest BCUT2D eigenvalue weighted by Crippen LogP contribution is -2.62. The van der Waals surface area contributed by atoms with Crippen molar-refractivity contribution in [3.63, 3.8) is 0 Å². The fourth-order valence-electron chi connectivity index (χ4n) is 6.51. The highest BCUT2D eigenvalue weighted by atomic mass is 19.3. The van der Waals surface area contributed by atoms with E-state index >= 15 is 0 Å². The minimum Gasteiger partial charge on any atom is -0.381 e. The average Bonchev–Trinajstić information content (AvgIpc) is 3.57. The van der Waals surface area contributed by atoms with Gasteiger partial charge in [-0.05, 0) is 48.9 Å². The molecule has 15 heteroatoms. The Morgan fingerprint density at radius 3 is 2.28 bits per heavy atom. The fraction of sp³-hybridized carbons (Fsp3) is 0.719. The summed E-state index contributed by atoms with van der Waals surface area (Å²) in [5.74, 6) is -3.95. The van der Waals surface area contributed by atoms with Gasteiger partial charge in [0.15, 0.2) is 6.10 Å². The van der Waals surface area contributed by atoms with Crippen LogP contribution >= 0.6 is 0 Å². The largest absolute Gasteiger partial charge is 0.381 e. The Kier molecular flexibility index (Phi) is 11.5. The smallest absolute Gasteiger partial charge is 0.272 e. The number of carbonyl (C=O) groups excluding carboxylic acids is 5. The van der Waals surface area contributed by atoms with E-state index in [1.54, 1.807) is 34.6 Å². The number of aliphatic hydroxyl groups excluding tert-OH is 1. The van der Waals surface area contributed by atoms with Gasteiger partial charge >= 0.3 is 0 Å². The lowest BCUT2D eigenvalue weighted by atomic mass is 9.85. The first-order valence-electron chi connectivity index (χ1n) is 16.3. The number of carbonyl (C=O) groups is 5. The van der Waals surface area contributed by atoms with E-state index in [-0.39, 0.29) is 36.0 Å². The summed E-state index contributed by atoms with van der Waals surface area (Å²) in [6.45, 7) is 9.00. The van der Waals surface area contributed by atoms with Crippen molar-refractivity contribution in [1.29, 1.82) is 0 Å². The molecule has 1 aromatic rings. The summed E-state index contributed by atoms with van der Waals surface area (Å²) < 4.78 is 27.1. The van der Waals surface area contributed by atoms with E-state index in [1.165, 1.54) is 23.5 Å². The van der Waals surface area contributed by atoms with Crippen molar-refractivity contribution < 1.29 is 37.9 Å². The first-order chi connectivity index (χ1) is 22.1. The minimum atomic E-state index is -2.91. The van der Waals surface area contributed by atoms with Gasteiger partial charge in [-0.3, -0.25) is 29.0 Å². The van der Waals surface area contributed by atoms with Gasteiger partial charge < -0.3 is 31.3 Å². The molecule has 13 nitrogen and oxygen atoms in total. The van der Waals surface area contributed by atoms with E-state index in [4.69, 9.17) is 0 Å². The quantitative estimate of drug-likeness (QED) is 0.208. The van der Waals surface area contributed by atoms with Crippen molar-refractivity contribution >= 4 is 29.5 Å². The Labute approximate surface area is 273 Å². The van der Waals surface area contributed by atoms with Crippen LogP contribution in [0, 0.1) is 23.2 Å². The number of fused-ring (bicyclic) bond motifs is 1. The van der Waals surface area contributed by atoms with Gasteiger partial charge in [0.1, 0.15) is 23.8 Å². The third-order valence-electron chi connectivity index (χ3n) is 9.21. The summed E-state index contributed by atoms with van der Waals surface area (Å²) in [5.41, 5.74) is -0.816. The van der Waals surface area contributed by atoms with Gasteiger partial charge in [0.05, 0.1) is 12.2 Å². The Morgan fingerprint density at radius 1 is 1.00 bits per heavy atom. The van der Waals surface area contributed by atoms with Crippen LogP contribution in [0.5, 0.6) is 0 Å². The highest BCUT2D eigenvalue weighted by Gasteiger charge is 2.52. The Morgan fingerprint density at radius 2 is 1.70 bits per heavy atom. The van der Waals surface area contributed by atoms with Crippen LogP contribution in [-0.2, 0) is 19.2 Å². The highest BCUT2D eigenvalue weighted by Crippen LogP contribution is 2.43. The number of halogens is 2. The molecule has 1 aromatic heterocycles. The molecule has 5 amide bonds. The minimum absolute atomic E-state index is 0.0164. The van der Waals surface area contributed by atoms with Gasteiger partial charge in [-0.2, -0.15) is 0 Å². The molecule has 0 aromatic carbocycles. The van der Waals surface area contributed by atoms with E-state index in [2.05, 4.69) is 31.2 Å². The number of aliphatic hydroxyl groups is 1. The average molecular weight is 664 g/mol. The molecule has 0 radical (unpaired) electrons. The highest BCUT2D eigenvalue weighted by molar-refractivity contribution is 5.98. The molecule has 3 fully saturated rings. The van der Waals surface area contributed by atoms with E-state index in [0.29, 0.717) is 6.42 Å². The zero-order valence-corrected chi connectivity index (χ0v) is 27.5. The van der Waals surface area contributed by atoms with Crippen LogP contribution in [0.4, 0.5) is 8.78 Å². The number of alkyl halides is 2. The van der Waals surface area contributed by atoms with Crippen molar-refractivity contribution in [2.24, 2.45) is 23.2 Å². The SMILES string of the molecule is CC(C)[C@H](NC(=O)c1cnccn1)C(=O)N[C@H](C(=O)N1C[C@@H]2CCC[C@@H]2C1C(=O)NC(CC(F)F)C(O)C(=O)NC1CC1)C(C)(C)C. The lowest BCUT2D eigenvalue weighted by Gasteiger charge is -2.37. The number of hydrogen-bond acceptors (Lipinski definition) is 8. The Hall–Kier alpha value is -3.75. The van der Waals surface area contributed by atoms with E-state index in [1.807, 2.05) is 0 Å². The lowest BCUT2D eigenvalue weighted by molar-refractivity contribution is -0.146. The first kappa shape index (κ1) is 36.1. The molecule has 0 spiro atoms. The Balaban J connectivity index is 1.54. The summed E-state index contributed by atoms with van der Waals surface area (Å²) in [6.07, 6.45) is 1.96. The molecule has 5 N–H and O–H groups in total. The molecule has 2 saturated carbocycles. The normalized spacial score (nSPS) is 23.4. The van der Waals surface area contributed by atoms with Gasteiger partial charge in [0, 0.05) is 31.4 Å². The van der Waals surface area contributed by atoms with Crippen LogP contribution in [0.3, 0.4) is 0 Å². The molecule has 0 bridgehead atoms. The number of aromatic nitrogens is 2. The van der Waals surface area contributed by atoms with E-state index in [9.17, 15) is 37.9 Å². The van der Waals surface area contributed by atoms with Gasteiger partial charge in [0.2, 0.25) is 24.1 Å². The molecule has 47 heavy (non-hydrogen) atoms. The van der Waals surface area contributed by atoms with Crippen molar-refractivity contribution in [2.75, 3.05) is 6.54 Å². The summed E-state index contributed by atoms with van der Waals surface area (Å²) in [5, 5.41) is 21.2. The predicted octanol–water partition coefficient (Wildman–Crippen LogP) is 1.17. The van der Waals surface area contributed by atoms with E-state index < -0.39 is 78.1 Å². The second-order valence-corrected chi connectivity index (χ2v) is 14.4. The number of likely N-dealkylation sites (tertiary alicyclic amines) is 1. The maximum Gasteiger partial charge on any atom is 0.272 e. The number of rotatable bonds is 13. The van der Waals surface area contributed by atoms with Gasteiger partial charge in [-0.25, -0.2) is 13.8 Å². The number of nitrogens with zero attached hydrogens (tertiary/aromatic N) is 3. The van der Waals surface area contributed by atoms with Crippen molar-refractivity contribution in [3.8, 4) is 0 Å². The molecular formula is C32H47F2N7O6. The third kappa shape index (κ3) is 8.99. The second kappa shape index (κ2) is 15.0. The van der Waals surface area contributed by atoms with E-state index in [0.717, 1.165) is 25.7 Å². The molecule has 1 saturated heterocycles. The maximum atomic E-state index is 14.3. The topological polar surface area (TPSA) is 183 Å². The Bertz CT molecular complexity index is 1310. The summed E-state index contributed by atoms with van der Waals surface area (Å²) in [4.78, 5) is 76.5. The molecule has 1 aliphatic heterocycles. The van der Waals surface area contributed by atoms with Crippen LogP contribution in [0.2, 0.25) is 0 Å². The summed E-state index contributed by atoms with van der Waals surface area (Å²) >= 11 is 0. The number of amides is 5. The zero-order chi connectivity index (χ0) is 34.6. The predicted molar refractivity (Wildman–Crippen MR) is 166 cm³/mol. The van der Waals surface area contributed by atoms with Crippen molar-refractivity contribution in [3.05, 3.63) is 24.3 Å². The summed E-state index contributed by atoms with van der Waals surface area (Å²) in [6, 6.07) is -4.89. The van der Waals surface area contributed by atoms with Crippen molar-refractivity contribution in [2.45, 2.75) is 116 Å². The standard InChI is InChI=1S/C32H47F2N7O6/c1-16(2)23(39-27(43)21-14-35-11-12-36-21)28(44)40-26(32(3,4)5)31(47)41-15-17-7-6-8-19(17)24(41)29(45)38-20(13-22(33)34)25(42)30(46)37-18-9-10-18/h11-12,14,16-20,22-26,42H,6-10,13,15H2,1-5H3,(H,37,46)(H,38,45)(H,39,43)(H,40,44)/t17-,19-,20?,23-,24?,25?,26+/m0/s1. The third-order valence-corrected chi connectivity index (χ3v) is 9.21. The molecule has 260 valence electrons. The summed E-state index contributed by atoms with van der Waals surface area (Å²) in [7, 11) is 0. The monoisotopic (exact) mass is 663 g/mol. The molecule has 3 unspecified atom stereocenters. The molecule has 7 atom stereocenters. The second-order valence-electron chi connectivity index (χ2n) is 14.4. The van der Waals surface area contributed by atoms with Crippen LogP contribution in [0.1, 0.15) is 83.6 Å². The molecule has 3 aliphatic rings. The number of nitrogens with one attached hydrogen (secondary N) is 4. The van der Waals surface area contributed by atoms with Crippen molar-refractivity contribution in [1.82, 2.24) is 36.1 Å². The fourth-order valence-corrected chi connectivity index (χ4v) is 6.51. The van der Waals surface area contributed by atoms with Gasteiger partial charge in [0.25, 0.3) is 11.8 Å². The van der Waals surface area contributed by atoms with Crippen LogP contribution in [0.25, 0.3) is 0 Å². The molecule has 4 rings (SSSR count). The number of hydrogen-bond donors (Lipinski definition) is 5. The van der Waals surface area contributed by atoms with Crippen LogP contribution in [-0.4, -0.2) is 98.8 Å². The van der Waals surface area contributed by atoms with Gasteiger partial charge in [-0.15, -0.1) is 0 Å².